The van der Waals surface area contributed by atoms with Gasteiger partial charge in [0.2, 0.25) is 5.78 Å². The van der Waals surface area contributed by atoms with Gasteiger partial charge in [0.15, 0.2) is 17.6 Å². The van der Waals surface area contributed by atoms with Crippen LogP contribution in [0.15, 0.2) is 42.5 Å². The highest BCUT2D eigenvalue weighted by Gasteiger charge is 2.23. The van der Waals surface area contributed by atoms with Gasteiger partial charge in [-0.2, -0.15) is 5.26 Å². The number of aromatic nitrogens is 1. The van der Waals surface area contributed by atoms with Crippen LogP contribution >= 0.6 is 0 Å². The number of nitriles is 1. The van der Waals surface area contributed by atoms with E-state index in [1.807, 2.05) is 37.3 Å². The van der Waals surface area contributed by atoms with Crippen molar-refractivity contribution in [3.63, 3.8) is 0 Å². The van der Waals surface area contributed by atoms with Crippen LogP contribution in [-0.2, 0) is 0 Å². The number of methoxy groups -OCH3 is 1. The molecular weight excluding hydrogens is 316 g/mol. The highest BCUT2D eigenvalue weighted by atomic mass is 16.5. The fourth-order valence-corrected chi connectivity index (χ4v) is 2.88. The molecule has 5 heteroatoms. The minimum atomic E-state index is -0.695. The van der Waals surface area contributed by atoms with Gasteiger partial charge >= 0.3 is 0 Å². The van der Waals surface area contributed by atoms with Crippen molar-refractivity contribution < 1.29 is 14.3 Å². The summed E-state index contributed by atoms with van der Waals surface area (Å²) < 4.78 is 11.1. The number of hydrogen-bond acceptors (Lipinski definition) is 4. The number of ketones is 1. The number of fused-ring (bicyclic) bond motifs is 1. The molecule has 1 aromatic heterocycles. The minimum Gasteiger partial charge on any atom is -0.493 e. The van der Waals surface area contributed by atoms with Crippen molar-refractivity contribution in [2.24, 2.45) is 0 Å². The highest BCUT2D eigenvalue weighted by Crippen LogP contribution is 2.30. The summed E-state index contributed by atoms with van der Waals surface area (Å²) in [7, 11) is 1.50. The number of rotatable bonds is 5. The number of para-hydroxylation sites is 1. The van der Waals surface area contributed by atoms with Gasteiger partial charge in [-0.3, -0.25) is 4.79 Å². The fraction of sp³-hybridized carbons (Fsp3) is 0.200. The Balaban J connectivity index is 1.91. The number of nitrogens with zero attached hydrogens (tertiary/aromatic N) is 1. The maximum atomic E-state index is 12.9. The van der Waals surface area contributed by atoms with Gasteiger partial charge in [0, 0.05) is 28.2 Å². The Morgan fingerprint density at radius 3 is 2.68 bits per heavy atom. The lowest BCUT2D eigenvalue weighted by atomic mass is 10.0. The summed E-state index contributed by atoms with van der Waals surface area (Å²) in [4.78, 5) is 16.2. The molecule has 1 atom stereocenters. The minimum absolute atomic E-state index is 0.110. The van der Waals surface area contributed by atoms with E-state index in [1.165, 1.54) is 7.11 Å². The lowest BCUT2D eigenvalue weighted by molar-refractivity contribution is 0.0815. The molecule has 0 aliphatic heterocycles. The van der Waals surface area contributed by atoms with E-state index in [4.69, 9.17) is 14.7 Å². The molecule has 0 bridgehead atoms. The summed E-state index contributed by atoms with van der Waals surface area (Å²) in [6.45, 7) is 3.59. The van der Waals surface area contributed by atoms with Crippen molar-refractivity contribution in [2.75, 3.05) is 7.11 Å². The van der Waals surface area contributed by atoms with Gasteiger partial charge in [-0.25, -0.2) is 0 Å². The Morgan fingerprint density at radius 1 is 1.20 bits per heavy atom. The number of hydrogen-bond donors (Lipinski definition) is 1. The predicted molar refractivity (Wildman–Crippen MR) is 95.2 cm³/mol. The van der Waals surface area contributed by atoms with Gasteiger partial charge in [0.05, 0.1) is 18.7 Å². The topological polar surface area (TPSA) is 75.1 Å². The van der Waals surface area contributed by atoms with E-state index in [-0.39, 0.29) is 5.78 Å². The molecule has 3 rings (SSSR count). The van der Waals surface area contributed by atoms with Crippen molar-refractivity contribution >= 4 is 16.7 Å². The first-order valence-electron chi connectivity index (χ1n) is 7.91. The van der Waals surface area contributed by atoms with Crippen molar-refractivity contribution in [3.05, 3.63) is 59.3 Å². The zero-order valence-corrected chi connectivity index (χ0v) is 14.3. The Hall–Kier alpha value is -3.26. The number of ether oxygens (including phenoxy) is 2. The van der Waals surface area contributed by atoms with E-state index < -0.39 is 6.10 Å². The summed E-state index contributed by atoms with van der Waals surface area (Å²) in [5.41, 5.74) is 2.84. The summed E-state index contributed by atoms with van der Waals surface area (Å²) in [5.74, 6) is 0.746. The van der Waals surface area contributed by atoms with Crippen molar-refractivity contribution in [1.29, 1.82) is 5.26 Å². The lowest BCUT2D eigenvalue weighted by Gasteiger charge is -2.16. The van der Waals surface area contributed by atoms with Crippen LogP contribution in [0.4, 0.5) is 0 Å². The molecular formula is C20H18N2O3. The second-order valence-electron chi connectivity index (χ2n) is 5.77. The van der Waals surface area contributed by atoms with Gasteiger partial charge in [-0.05, 0) is 32.0 Å². The molecule has 0 saturated carbocycles. The molecule has 25 heavy (non-hydrogen) atoms. The van der Waals surface area contributed by atoms with E-state index in [0.717, 1.165) is 16.6 Å². The molecule has 1 N–H and O–H groups in total. The molecule has 0 radical (unpaired) electrons. The van der Waals surface area contributed by atoms with E-state index in [2.05, 4.69) is 4.98 Å². The third kappa shape index (κ3) is 3.07. The monoisotopic (exact) mass is 334 g/mol. The van der Waals surface area contributed by atoms with Gasteiger partial charge in [0.25, 0.3) is 0 Å². The van der Waals surface area contributed by atoms with Crippen LogP contribution in [0.3, 0.4) is 0 Å². The van der Waals surface area contributed by atoms with Crippen LogP contribution in [0.2, 0.25) is 0 Å². The smallest absolute Gasteiger partial charge is 0.205 e. The van der Waals surface area contributed by atoms with Crippen LogP contribution in [0, 0.1) is 18.3 Å². The molecule has 0 amide bonds. The number of Topliss-reactive ketones (excluding diaryl/α,β-unsaturated/α-hetero) is 1. The fourth-order valence-electron chi connectivity index (χ4n) is 2.88. The second-order valence-corrected chi connectivity index (χ2v) is 5.77. The first-order chi connectivity index (χ1) is 12.0. The Labute approximate surface area is 145 Å². The van der Waals surface area contributed by atoms with Crippen molar-refractivity contribution in [2.45, 2.75) is 20.0 Å². The van der Waals surface area contributed by atoms with Crippen LogP contribution in [0.1, 0.15) is 28.5 Å². The molecule has 0 saturated heterocycles. The number of aryl methyl sites for hydroxylation is 1. The number of carbonyl (C=O) groups is 1. The predicted octanol–water partition coefficient (Wildman–Crippen LogP) is 4.01. The first-order valence-corrected chi connectivity index (χ1v) is 7.91. The maximum Gasteiger partial charge on any atom is 0.205 e. The van der Waals surface area contributed by atoms with Crippen LogP contribution in [0.25, 0.3) is 10.9 Å². The summed E-state index contributed by atoms with van der Waals surface area (Å²) in [6, 6.07) is 14.6. The zero-order valence-electron chi connectivity index (χ0n) is 14.3. The normalized spacial score (nSPS) is 11.8. The first kappa shape index (κ1) is 16.6. The number of carbonyl (C=O) groups excluding carboxylic acids is 1. The molecule has 0 aliphatic rings. The van der Waals surface area contributed by atoms with E-state index >= 15 is 0 Å². The molecule has 1 unspecified atom stereocenters. The zero-order chi connectivity index (χ0) is 18.0. The van der Waals surface area contributed by atoms with E-state index in [9.17, 15) is 4.79 Å². The molecule has 126 valence electrons. The summed E-state index contributed by atoms with van der Waals surface area (Å²) in [6.07, 6.45) is -0.695. The summed E-state index contributed by atoms with van der Waals surface area (Å²) >= 11 is 0. The largest absolute Gasteiger partial charge is 0.493 e. The van der Waals surface area contributed by atoms with Gasteiger partial charge in [-0.15, -0.1) is 0 Å². The van der Waals surface area contributed by atoms with Crippen LogP contribution in [-0.4, -0.2) is 24.0 Å². The summed E-state index contributed by atoms with van der Waals surface area (Å²) in [5, 5.41) is 9.85. The average molecular weight is 334 g/mol. The third-order valence-corrected chi connectivity index (χ3v) is 4.11. The molecule has 0 fully saturated rings. The molecule has 3 aromatic rings. The molecule has 0 spiro atoms. The van der Waals surface area contributed by atoms with Gasteiger partial charge in [0.1, 0.15) is 0 Å². The quantitative estimate of drug-likeness (QED) is 0.715. The van der Waals surface area contributed by atoms with E-state index in [0.29, 0.717) is 22.6 Å². The molecule has 5 nitrogen and oxygen atoms in total. The van der Waals surface area contributed by atoms with Gasteiger partial charge in [-0.1, -0.05) is 18.2 Å². The Bertz CT molecular complexity index is 982. The number of benzene rings is 2. The highest BCUT2D eigenvalue weighted by molar-refractivity contribution is 6.11. The molecule has 0 aliphatic carbocycles. The SMILES string of the molecule is COc1cc(C#N)ccc1OC(C)C(=O)c1c(C)[nH]c2ccccc12. The molecule has 2 aromatic carbocycles. The number of nitrogens with one attached hydrogen (secondary N) is 1. The standard InChI is InChI=1S/C20H18N2O3/c1-12-19(15-6-4-5-7-16(15)22-12)20(23)13(2)25-17-9-8-14(11-21)10-18(17)24-3/h4-10,13,22H,1-3H3. The molecule has 1 heterocycles. The van der Waals surface area contributed by atoms with Crippen molar-refractivity contribution in [1.82, 2.24) is 4.98 Å². The van der Waals surface area contributed by atoms with Crippen LogP contribution in [0.5, 0.6) is 11.5 Å². The number of aromatic amines is 1. The van der Waals surface area contributed by atoms with Gasteiger partial charge < -0.3 is 14.5 Å². The van der Waals surface area contributed by atoms with Crippen LogP contribution < -0.4 is 9.47 Å². The lowest BCUT2D eigenvalue weighted by Crippen LogP contribution is -2.24. The average Bonchev–Trinajstić information content (AvgIpc) is 2.96. The Kier molecular flexibility index (Phi) is 4.44. The second kappa shape index (κ2) is 6.70. The van der Waals surface area contributed by atoms with Crippen molar-refractivity contribution in [3.8, 4) is 17.6 Å². The maximum absolute atomic E-state index is 12.9. The number of H-pyrrole nitrogens is 1. The Morgan fingerprint density at radius 2 is 1.96 bits per heavy atom. The third-order valence-electron chi connectivity index (χ3n) is 4.11. The van der Waals surface area contributed by atoms with E-state index in [1.54, 1.807) is 25.1 Å².